The minimum absolute atomic E-state index is 0. The van der Waals surface area contributed by atoms with Crippen LogP contribution in [0.25, 0.3) is 0 Å². The third-order valence-corrected chi connectivity index (χ3v) is 0.410. The Morgan fingerprint density at radius 1 is 1.62 bits per heavy atom. The molecule has 0 heterocycles. The Balaban J connectivity index is 0. The predicted molar refractivity (Wildman–Crippen MR) is 31.7 cm³/mol. The SMILES string of the molecule is Cl.NC(N)CC(=O)O. The van der Waals surface area contributed by atoms with Crippen molar-refractivity contribution in [2.45, 2.75) is 12.6 Å². The Morgan fingerprint density at radius 3 is 2.00 bits per heavy atom. The molecule has 0 aromatic rings. The van der Waals surface area contributed by atoms with Gasteiger partial charge in [-0.05, 0) is 0 Å². The lowest BCUT2D eigenvalue weighted by Gasteiger charge is -1.95. The van der Waals surface area contributed by atoms with E-state index in [0.29, 0.717) is 0 Å². The van der Waals surface area contributed by atoms with Crippen molar-refractivity contribution in [2.75, 3.05) is 0 Å². The molecule has 0 spiro atoms. The molecule has 0 aromatic heterocycles. The minimum atomic E-state index is -0.963. The van der Waals surface area contributed by atoms with Gasteiger partial charge < -0.3 is 16.6 Å². The number of halogens is 1. The van der Waals surface area contributed by atoms with Gasteiger partial charge in [-0.25, -0.2) is 0 Å². The molecule has 0 aromatic carbocycles. The van der Waals surface area contributed by atoms with Gasteiger partial charge in [0.1, 0.15) is 0 Å². The van der Waals surface area contributed by atoms with Crippen LogP contribution >= 0.6 is 12.4 Å². The number of hydrogen-bond acceptors (Lipinski definition) is 3. The number of aliphatic carboxylic acids is 1. The highest BCUT2D eigenvalue weighted by Gasteiger charge is 1.98. The number of nitrogens with two attached hydrogens (primary N) is 2. The van der Waals surface area contributed by atoms with Crippen LogP contribution in [-0.4, -0.2) is 17.2 Å². The lowest BCUT2D eigenvalue weighted by atomic mass is 10.4. The molecule has 0 saturated carbocycles. The molecule has 0 amide bonds. The first-order chi connectivity index (χ1) is 3.13. The third kappa shape index (κ3) is 9.19. The second kappa shape index (κ2) is 4.83. The Bertz CT molecular complexity index is 75.7. The summed E-state index contributed by atoms with van der Waals surface area (Å²) >= 11 is 0. The van der Waals surface area contributed by atoms with Crippen molar-refractivity contribution >= 4 is 18.4 Å². The van der Waals surface area contributed by atoms with Gasteiger partial charge in [0.15, 0.2) is 0 Å². The first-order valence-corrected chi connectivity index (χ1v) is 1.86. The summed E-state index contributed by atoms with van der Waals surface area (Å²) in [6, 6.07) is 0. The van der Waals surface area contributed by atoms with Crippen LogP contribution < -0.4 is 11.5 Å². The van der Waals surface area contributed by atoms with Crippen LogP contribution in [0.15, 0.2) is 0 Å². The fraction of sp³-hybridized carbons (Fsp3) is 0.667. The zero-order chi connectivity index (χ0) is 5.86. The Kier molecular flexibility index (Phi) is 6.41. The number of carboxylic acid groups (broad SMARTS) is 1. The topological polar surface area (TPSA) is 89.3 Å². The standard InChI is InChI=1S/C3H8N2O2.ClH/c4-2(5)1-3(6)7;/h2H,1,4-5H2,(H,6,7);1H. The van der Waals surface area contributed by atoms with E-state index in [1.165, 1.54) is 0 Å². The van der Waals surface area contributed by atoms with Gasteiger partial charge in [0.2, 0.25) is 0 Å². The summed E-state index contributed by atoms with van der Waals surface area (Å²) < 4.78 is 0. The smallest absolute Gasteiger partial charge is 0.306 e. The number of carbonyl (C=O) groups is 1. The molecule has 5 N–H and O–H groups in total. The average Bonchev–Trinajstić information content (AvgIpc) is 1.27. The van der Waals surface area contributed by atoms with E-state index in [0.717, 1.165) is 0 Å². The van der Waals surface area contributed by atoms with Crippen molar-refractivity contribution < 1.29 is 9.90 Å². The fourth-order valence-corrected chi connectivity index (χ4v) is 0.202. The van der Waals surface area contributed by atoms with E-state index in [1.807, 2.05) is 0 Å². The molecular formula is C3H9ClN2O2. The Labute approximate surface area is 53.3 Å². The highest BCUT2D eigenvalue weighted by molar-refractivity contribution is 5.85. The van der Waals surface area contributed by atoms with E-state index in [1.54, 1.807) is 0 Å². The summed E-state index contributed by atoms with van der Waals surface area (Å²) in [5.74, 6) is -0.963. The highest BCUT2D eigenvalue weighted by Crippen LogP contribution is 1.75. The van der Waals surface area contributed by atoms with Gasteiger partial charge in [-0.3, -0.25) is 4.79 Å². The van der Waals surface area contributed by atoms with E-state index in [2.05, 4.69) is 0 Å². The zero-order valence-electron chi connectivity index (χ0n) is 4.20. The van der Waals surface area contributed by atoms with Crippen molar-refractivity contribution in [3.63, 3.8) is 0 Å². The molecule has 0 aliphatic rings. The second-order valence-electron chi connectivity index (χ2n) is 1.26. The van der Waals surface area contributed by atoms with Gasteiger partial charge in [-0.2, -0.15) is 0 Å². The molecule has 0 aliphatic carbocycles. The monoisotopic (exact) mass is 140 g/mol. The number of carboxylic acids is 1. The van der Waals surface area contributed by atoms with Crippen LogP contribution in [0.3, 0.4) is 0 Å². The van der Waals surface area contributed by atoms with Gasteiger partial charge in [-0.15, -0.1) is 12.4 Å². The van der Waals surface area contributed by atoms with E-state index in [4.69, 9.17) is 16.6 Å². The molecule has 8 heavy (non-hydrogen) atoms. The van der Waals surface area contributed by atoms with Gasteiger partial charge in [-0.1, -0.05) is 0 Å². The Morgan fingerprint density at radius 2 is 2.00 bits per heavy atom. The van der Waals surface area contributed by atoms with Crippen molar-refractivity contribution in [2.24, 2.45) is 11.5 Å². The summed E-state index contributed by atoms with van der Waals surface area (Å²) in [4.78, 5) is 9.65. The Hall–Kier alpha value is -0.320. The summed E-state index contributed by atoms with van der Waals surface area (Å²) in [6.07, 6.45) is -0.891. The third-order valence-electron chi connectivity index (χ3n) is 0.410. The number of rotatable bonds is 2. The molecule has 5 heteroatoms. The first-order valence-electron chi connectivity index (χ1n) is 1.86. The van der Waals surface area contributed by atoms with Crippen LogP contribution in [0.5, 0.6) is 0 Å². The van der Waals surface area contributed by atoms with Crippen LogP contribution in [0.1, 0.15) is 6.42 Å². The maximum atomic E-state index is 9.65. The number of hydrogen-bond donors (Lipinski definition) is 3. The quantitative estimate of drug-likeness (QED) is 0.435. The maximum absolute atomic E-state index is 9.65. The van der Waals surface area contributed by atoms with Crippen molar-refractivity contribution in [1.82, 2.24) is 0 Å². The average molecular weight is 141 g/mol. The summed E-state index contributed by atoms with van der Waals surface area (Å²) in [6.45, 7) is 0. The van der Waals surface area contributed by atoms with Gasteiger partial charge in [0.05, 0.1) is 12.6 Å². The molecule has 0 fully saturated rings. The van der Waals surface area contributed by atoms with Crippen LogP contribution in [-0.2, 0) is 4.79 Å². The van der Waals surface area contributed by atoms with Crippen LogP contribution in [0, 0.1) is 0 Å². The van der Waals surface area contributed by atoms with Crippen LogP contribution in [0.2, 0.25) is 0 Å². The van der Waals surface area contributed by atoms with Gasteiger partial charge in [0.25, 0.3) is 0 Å². The first kappa shape index (κ1) is 10.6. The lowest BCUT2D eigenvalue weighted by Crippen LogP contribution is -2.32. The van der Waals surface area contributed by atoms with Crippen LogP contribution in [0.4, 0.5) is 0 Å². The predicted octanol–water partition coefficient (Wildman–Crippen LogP) is -0.874. The maximum Gasteiger partial charge on any atom is 0.306 e. The van der Waals surface area contributed by atoms with E-state index in [9.17, 15) is 4.79 Å². The van der Waals surface area contributed by atoms with E-state index < -0.39 is 12.1 Å². The molecule has 50 valence electrons. The molecule has 0 rings (SSSR count). The fourth-order valence-electron chi connectivity index (χ4n) is 0.202. The summed E-state index contributed by atoms with van der Waals surface area (Å²) in [7, 11) is 0. The molecule has 0 bridgehead atoms. The van der Waals surface area contributed by atoms with Crippen molar-refractivity contribution in [3.05, 3.63) is 0 Å². The van der Waals surface area contributed by atoms with Crippen molar-refractivity contribution in [3.8, 4) is 0 Å². The van der Waals surface area contributed by atoms with Crippen molar-refractivity contribution in [1.29, 1.82) is 0 Å². The lowest BCUT2D eigenvalue weighted by molar-refractivity contribution is -0.137. The molecule has 0 aliphatic heterocycles. The second-order valence-corrected chi connectivity index (χ2v) is 1.26. The normalized spacial score (nSPS) is 8.38. The zero-order valence-corrected chi connectivity index (χ0v) is 5.02. The minimum Gasteiger partial charge on any atom is -0.481 e. The molecule has 0 atom stereocenters. The van der Waals surface area contributed by atoms with Gasteiger partial charge in [0, 0.05) is 0 Å². The van der Waals surface area contributed by atoms with E-state index in [-0.39, 0.29) is 18.8 Å². The molecule has 0 unspecified atom stereocenters. The molecule has 4 nitrogen and oxygen atoms in total. The molecule has 0 radical (unpaired) electrons. The highest BCUT2D eigenvalue weighted by atomic mass is 35.5. The summed E-state index contributed by atoms with van der Waals surface area (Å²) in [5, 5.41) is 7.92. The summed E-state index contributed by atoms with van der Waals surface area (Å²) in [5.41, 5.74) is 9.78. The van der Waals surface area contributed by atoms with Gasteiger partial charge >= 0.3 is 5.97 Å². The molecule has 0 saturated heterocycles. The largest absolute Gasteiger partial charge is 0.481 e. The molecular weight excluding hydrogens is 131 g/mol. The van der Waals surface area contributed by atoms with E-state index >= 15 is 0 Å².